The molecule has 1 N–H and O–H groups in total. The van der Waals surface area contributed by atoms with Gasteiger partial charge in [0.25, 0.3) is 0 Å². The van der Waals surface area contributed by atoms with Crippen molar-refractivity contribution in [2.75, 3.05) is 32.8 Å². The number of ether oxygens (including phenoxy) is 2. The molecule has 5 heteroatoms. The lowest BCUT2D eigenvalue weighted by molar-refractivity contribution is -0.140. The average molecular weight is 228 g/mol. The molecule has 1 amide bonds. The summed E-state index contributed by atoms with van der Waals surface area (Å²) in [5.41, 5.74) is 0. The number of rotatable bonds is 3. The van der Waals surface area contributed by atoms with E-state index in [2.05, 4.69) is 5.32 Å². The van der Waals surface area contributed by atoms with Gasteiger partial charge >= 0.3 is 0 Å². The van der Waals surface area contributed by atoms with E-state index >= 15 is 0 Å². The maximum Gasteiger partial charge on any atom is 0.236 e. The fourth-order valence-corrected chi connectivity index (χ4v) is 2.09. The molecule has 0 saturated carbocycles. The van der Waals surface area contributed by atoms with Crippen LogP contribution in [0.15, 0.2) is 0 Å². The predicted molar refractivity (Wildman–Crippen MR) is 59.0 cm³/mol. The monoisotopic (exact) mass is 228 g/mol. The van der Waals surface area contributed by atoms with Gasteiger partial charge in [0, 0.05) is 19.6 Å². The van der Waals surface area contributed by atoms with Crippen LogP contribution >= 0.6 is 0 Å². The number of carbonyl (C=O) groups is 1. The Morgan fingerprint density at radius 2 is 2.38 bits per heavy atom. The van der Waals surface area contributed by atoms with E-state index in [1.54, 1.807) is 0 Å². The van der Waals surface area contributed by atoms with E-state index in [1.807, 2.05) is 18.7 Å². The Morgan fingerprint density at radius 1 is 1.56 bits per heavy atom. The summed E-state index contributed by atoms with van der Waals surface area (Å²) in [5.74, 6) is -0.276. The van der Waals surface area contributed by atoms with Crippen molar-refractivity contribution in [1.82, 2.24) is 10.2 Å². The van der Waals surface area contributed by atoms with Crippen molar-refractivity contribution in [2.45, 2.75) is 32.2 Å². The molecular weight excluding hydrogens is 208 g/mol. The first-order valence-electron chi connectivity index (χ1n) is 5.87. The Hall–Kier alpha value is -0.650. The highest BCUT2D eigenvalue weighted by Crippen LogP contribution is 2.24. The maximum atomic E-state index is 11.5. The van der Waals surface area contributed by atoms with Crippen LogP contribution in [0.2, 0.25) is 0 Å². The summed E-state index contributed by atoms with van der Waals surface area (Å²) >= 11 is 0. The van der Waals surface area contributed by atoms with Crippen molar-refractivity contribution in [3.63, 3.8) is 0 Å². The molecule has 2 aliphatic heterocycles. The van der Waals surface area contributed by atoms with Crippen LogP contribution in [0.4, 0.5) is 0 Å². The number of hydrogen-bond acceptors (Lipinski definition) is 4. The van der Waals surface area contributed by atoms with E-state index in [0.717, 1.165) is 26.1 Å². The lowest BCUT2D eigenvalue weighted by Gasteiger charge is -2.28. The molecule has 5 nitrogen and oxygen atoms in total. The van der Waals surface area contributed by atoms with Gasteiger partial charge in [-0.3, -0.25) is 4.79 Å². The zero-order valence-electron chi connectivity index (χ0n) is 9.99. The summed E-state index contributed by atoms with van der Waals surface area (Å²) in [6, 6.07) is 0. The second-order valence-electron chi connectivity index (χ2n) is 4.80. The molecule has 1 atom stereocenters. The summed E-state index contributed by atoms with van der Waals surface area (Å²) in [6.45, 7) is 7.40. The standard InChI is InChI=1S/C11H20N2O3/c1-11(2)15-8-9(16-11)3-5-13-6-4-12-7-10(13)14/h9,12H,3-8H2,1-2H3. The summed E-state index contributed by atoms with van der Waals surface area (Å²) in [4.78, 5) is 13.4. The van der Waals surface area contributed by atoms with Crippen molar-refractivity contribution in [3.8, 4) is 0 Å². The number of nitrogens with zero attached hydrogens (tertiary/aromatic N) is 1. The highest BCUT2D eigenvalue weighted by Gasteiger charge is 2.32. The molecule has 0 bridgehead atoms. The smallest absolute Gasteiger partial charge is 0.236 e. The first-order chi connectivity index (χ1) is 7.57. The zero-order chi connectivity index (χ0) is 11.6. The Bertz CT molecular complexity index is 268. The van der Waals surface area contributed by atoms with Crippen molar-refractivity contribution in [3.05, 3.63) is 0 Å². The van der Waals surface area contributed by atoms with Crippen molar-refractivity contribution < 1.29 is 14.3 Å². The normalized spacial score (nSPS) is 29.8. The molecule has 92 valence electrons. The highest BCUT2D eigenvalue weighted by molar-refractivity contribution is 5.78. The van der Waals surface area contributed by atoms with E-state index in [-0.39, 0.29) is 12.0 Å². The van der Waals surface area contributed by atoms with Gasteiger partial charge in [0.15, 0.2) is 5.79 Å². The second kappa shape index (κ2) is 4.69. The van der Waals surface area contributed by atoms with Crippen molar-refractivity contribution in [1.29, 1.82) is 0 Å². The molecule has 2 rings (SSSR count). The SMILES string of the molecule is CC1(C)OCC(CCN2CCNCC2=O)O1. The Balaban J connectivity index is 1.73. The minimum atomic E-state index is -0.460. The Morgan fingerprint density at radius 3 is 3.00 bits per heavy atom. The van der Waals surface area contributed by atoms with Crippen LogP contribution in [0.3, 0.4) is 0 Å². The first-order valence-corrected chi connectivity index (χ1v) is 5.87. The molecule has 1 unspecified atom stereocenters. The predicted octanol–water partition coefficient (Wildman–Crippen LogP) is -0.0402. The molecule has 0 spiro atoms. The van der Waals surface area contributed by atoms with Gasteiger partial charge in [-0.15, -0.1) is 0 Å². The molecule has 0 radical (unpaired) electrons. The number of piperazine rings is 1. The third-order valence-electron chi connectivity index (χ3n) is 2.98. The molecule has 2 aliphatic rings. The summed E-state index contributed by atoms with van der Waals surface area (Å²) in [7, 11) is 0. The molecule has 0 aromatic rings. The maximum absolute atomic E-state index is 11.5. The number of hydrogen-bond donors (Lipinski definition) is 1. The second-order valence-corrected chi connectivity index (χ2v) is 4.80. The van der Waals surface area contributed by atoms with E-state index < -0.39 is 5.79 Å². The molecular formula is C11H20N2O3. The van der Waals surface area contributed by atoms with Gasteiger partial charge in [-0.25, -0.2) is 0 Å². The lowest BCUT2D eigenvalue weighted by atomic mass is 10.2. The van der Waals surface area contributed by atoms with E-state index in [0.29, 0.717) is 13.2 Å². The summed E-state index contributed by atoms with van der Waals surface area (Å²) in [5, 5.41) is 3.06. The van der Waals surface area contributed by atoms with E-state index in [1.165, 1.54) is 0 Å². The largest absolute Gasteiger partial charge is 0.348 e. The van der Waals surface area contributed by atoms with Crippen LogP contribution in [0.25, 0.3) is 0 Å². The summed E-state index contributed by atoms with van der Waals surface area (Å²) in [6.07, 6.45) is 0.979. The fraction of sp³-hybridized carbons (Fsp3) is 0.909. The van der Waals surface area contributed by atoms with E-state index in [9.17, 15) is 4.79 Å². The average Bonchev–Trinajstić information content (AvgIpc) is 2.57. The first kappa shape index (κ1) is 11.8. The van der Waals surface area contributed by atoms with Gasteiger partial charge in [0.1, 0.15) is 0 Å². The molecule has 16 heavy (non-hydrogen) atoms. The van der Waals surface area contributed by atoms with Crippen LogP contribution in [-0.2, 0) is 14.3 Å². The van der Waals surface area contributed by atoms with Crippen LogP contribution < -0.4 is 5.32 Å². The van der Waals surface area contributed by atoms with Gasteiger partial charge in [-0.1, -0.05) is 0 Å². The topological polar surface area (TPSA) is 50.8 Å². The molecule has 2 heterocycles. The third-order valence-corrected chi connectivity index (χ3v) is 2.98. The molecule has 0 aromatic heterocycles. The number of carbonyl (C=O) groups excluding carboxylic acids is 1. The van der Waals surface area contributed by atoms with Gasteiger partial charge < -0.3 is 19.7 Å². The molecule has 0 aliphatic carbocycles. The van der Waals surface area contributed by atoms with Gasteiger partial charge in [-0.05, 0) is 20.3 Å². The van der Waals surface area contributed by atoms with Gasteiger partial charge in [0.2, 0.25) is 5.91 Å². The highest BCUT2D eigenvalue weighted by atomic mass is 16.7. The van der Waals surface area contributed by atoms with Crippen molar-refractivity contribution in [2.24, 2.45) is 0 Å². The number of nitrogens with one attached hydrogen (secondary N) is 1. The van der Waals surface area contributed by atoms with Crippen LogP contribution in [0.1, 0.15) is 20.3 Å². The van der Waals surface area contributed by atoms with Crippen molar-refractivity contribution >= 4 is 5.91 Å². The minimum Gasteiger partial charge on any atom is -0.348 e. The van der Waals surface area contributed by atoms with Gasteiger partial charge in [-0.2, -0.15) is 0 Å². The quantitative estimate of drug-likeness (QED) is 0.736. The Kier molecular flexibility index (Phi) is 3.47. The van der Waals surface area contributed by atoms with Crippen LogP contribution in [0, 0.1) is 0 Å². The van der Waals surface area contributed by atoms with E-state index in [4.69, 9.17) is 9.47 Å². The lowest BCUT2D eigenvalue weighted by Crippen LogP contribution is -2.48. The molecule has 2 saturated heterocycles. The minimum absolute atomic E-state index is 0.123. The number of amides is 1. The van der Waals surface area contributed by atoms with Crippen LogP contribution in [-0.4, -0.2) is 55.5 Å². The van der Waals surface area contributed by atoms with Gasteiger partial charge in [0.05, 0.1) is 19.3 Å². The van der Waals surface area contributed by atoms with Crippen LogP contribution in [0.5, 0.6) is 0 Å². The summed E-state index contributed by atoms with van der Waals surface area (Å²) < 4.78 is 11.2. The fourth-order valence-electron chi connectivity index (χ4n) is 2.09. The zero-order valence-corrected chi connectivity index (χ0v) is 9.99. The molecule has 0 aromatic carbocycles. The molecule has 2 fully saturated rings. The Labute approximate surface area is 96.1 Å². The third kappa shape index (κ3) is 2.93.